The Morgan fingerprint density at radius 3 is 2.30 bits per heavy atom. The summed E-state index contributed by atoms with van der Waals surface area (Å²) in [4.78, 5) is 16.2. The van der Waals surface area contributed by atoms with Crippen LogP contribution in [0.4, 0.5) is 11.4 Å². The van der Waals surface area contributed by atoms with E-state index in [9.17, 15) is 9.90 Å². The zero-order valence-corrected chi connectivity index (χ0v) is 15.0. The van der Waals surface area contributed by atoms with E-state index in [1.165, 1.54) is 6.26 Å². The highest BCUT2D eigenvalue weighted by Gasteiger charge is 2.35. The average molecular weight is 365 g/mol. The van der Waals surface area contributed by atoms with Crippen LogP contribution in [0.2, 0.25) is 0 Å². The Kier molecular flexibility index (Phi) is 4.73. The zero-order chi connectivity index (χ0) is 18.8. The third-order valence-electron chi connectivity index (χ3n) is 5.09. The van der Waals surface area contributed by atoms with Gasteiger partial charge < -0.3 is 20.5 Å². The molecular formula is C21H23N3O3. The molecule has 2 heterocycles. The van der Waals surface area contributed by atoms with Crippen LogP contribution in [0.1, 0.15) is 24.6 Å². The van der Waals surface area contributed by atoms with Crippen molar-refractivity contribution in [2.75, 3.05) is 22.9 Å². The second-order valence-corrected chi connectivity index (χ2v) is 6.84. The number of aliphatic hydroxyl groups is 1. The quantitative estimate of drug-likeness (QED) is 0.870. The monoisotopic (exact) mass is 365 g/mol. The molecule has 1 fully saturated rings. The van der Waals surface area contributed by atoms with E-state index in [2.05, 4.69) is 4.90 Å². The van der Waals surface area contributed by atoms with E-state index in [0.717, 1.165) is 42.9 Å². The van der Waals surface area contributed by atoms with Crippen molar-refractivity contribution in [3.63, 3.8) is 0 Å². The number of hydrogen-bond donors (Lipinski definition) is 2. The molecule has 0 bridgehead atoms. The van der Waals surface area contributed by atoms with Gasteiger partial charge in [-0.2, -0.15) is 0 Å². The first-order chi connectivity index (χ1) is 13.1. The molecule has 1 saturated heterocycles. The fourth-order valence-electron chi connectivity index (χ4n) is 3.69. The third kappa shape index (κ3) is 3.36. The van der Waals surface area contributed by atoms with Gasteiger partial charge in [-0.3, -0.25) is 9.69 Å². The summed E-state index contributed by atoms with van der Waals surface area (Å²) in [7, 11) is 0. The van der Waals surface area contributed by atoms with E-state index >= 15 is 0 Å². The van der Waals surface area contributed by atoms with E-state index in [1.54, 1.807) is 0 Å². The van der Waals surface area contributed by atoms with Crippen LogP contribution >= 0.6 is 0 Å². The van der Waals surface area contributed by atoms with Crippen molar-refractivity contribution >= 4 is 17.3 Å². The second-order valence-electron chi connectivity index (χ2n) is 6.84. The number of rotatable bonds is 4. The number of ether oxygens (including phenoxy) is 1. The number of carbonyl (C=O) groups excluding carboxylic acids is 1. The molecule has 6 nitrogen and oxygen atoms in total. The number of amides is 1. The van der Waals surface area contributed by atoms with E-state index in [1.807, 2.05) is 59.5 Å². The highest BCUT2D eigenvalue weighted by Crippen LogP contribution is 2.42. The van der Waals surface area contributed by atoms with Crippen molar-refractivity contribution in [2.24, 2.45) is 5.73 Å². The van der Waals surface area contributed by atoms with Crippen LogP contribution in [0.5, 0.6) is 0 Å². The highest BCUT2D eigenvalue weighted by atomic mass is 16.5. The first kappa shape index (κ1) is 17.4. The summed E-state index contributed by atoms with van der Waals surface area (Å²) in [5.41, 5.74) is 8.77. The maximum atomic E-state index is 12.1. The van der Waals surface area contributed by atoms with Gasteiger partial charge >= 0.3 is 0 Å². The molecule has 2 aliphatic rings. The molecule has 1 atom stereocenters. The minimum absolute atomic E-state index is 0.248. The van der Waals surface area contributed by atoms with Crippen molar-refractivity contribution in [3.05, 3.63) is 72.1 Å². The van der Waals surface area contributed by atoms with Crippen LogP contribution in [0, 0.1) is 0 Å². The van der Waals surface area contributed by atoms with Crippen LogP contribution in [0.25, 0.3) is 0 Å². The molecule has 1 amide bonds. The maximum absolute atomic E-state index is 12.1. The molecule has 27 heavy (non-hydrogen) atoms. The minimum Gasteiger partial charge on any atom is -0.471 e. The molecule has 0 radical (unpaired) electrons. The Labute approximate surface area is 158 Å². The molecule has 6 heteroatoms. The Bertz CT molecular complexity index is 845. The molecular weight excluding hydrogens is 342 g/mol. The lowest BCUT2D eigenvalue weighted by atomic mass is 10.1. The van der Waals surface area contributed by atoms with Crippen molar-refractivity contribution < 1.29 is 14.6 Å². The third-order valence-corrected chi connectivity index (χ3v) is 5.09. The lowest BCUT2D eigenvalue weighted by Gasteiger charge is -2.36. The van der Waals surface area contributed by atoms with E-state index in [-0.39, 0.29) is 6.10 Å². The van der Waals surface area contributed by atoms with Gasteiger partial charge in [-0.1, -0.05) is 42.5 Å². The Morgan fingerprint density at radius 2 is 1.63 bits per heavy atom. The van der Waals surface area contributed by atoms with E-state index < -0.39 is 12.1 Å². The lowest BCUT2D eigenvalue weighted by Crippen LogP contribution is -2.38. The summed E-state index contributed by atoms with van der Waals surface area (Å²) in [6, 6.07) is 17.7. The van der Waals surface area contributed by atoms with Crippen molar-refractivity contribution in [1.29, 1.82) is 0 Å². The van der Waals surface area contributed by atoms with E-state index in [0.29, 0.717) is 5.70 Å². The van der Waals surface area contributed by atoms with Crippen molar-refractivity contribution in [2.45, 2.75) is 25.2 Å². The molecule has 3 N–H and O–H groups in total. The van der Waals surface area contributed by atoms with Crippen LogP contribution < -0.4 is 15.5 Å². The standard InChI is InChI=1S/C21H23N3O3/c22-20(26)19-14-27-21(15-6-2-1-3-7-15)24(19)18-9-5-4-8-17(18)23-12-10-16(25)11-13-23/h1-9,14,16,21,25H,10-13H2,(H2,22,26). The Balaban J connectivity index is 1.75. The van der Waals surface area contributed by atoms with E-state index in [4.69, 9.17) is 10.5 Å². The molecule has 4 rings (SSSR count). The molecule has 0 aromatic heterocycles. The van der Waals surface area contributed by atoms with Crippen LogP contribution in [0.15, 0.2) is 66.6 Å². The zero-order valence-electron chi connectivity index (χ0n) is 15.0. The predicted octanol–water partition coefficient (Wildman–Crippen LogP) is 2.51. The van der Waals surface area contributed by atoms with Gasteiger partial charge in [0.05, 0.1) is 17.5 Å². The molecule has 2 aromatic carbocycles. The lowest BCUT2D eigenvalue weighted by molar-refractivity contribution is -0.114. The van der Waals surface area contributed by atoms with Gasteiger partial charge in [-0.05, 0) is 25.0 Å². The Morgan fingerprint density at radius 1 is 1.00 bits per heavy atom. The predicted molar refractivity (Wildman–Crippen MR) is 104 cm³/mol. The van der Waals surface area contributed by atoms with Crippen molar-refractivity contribution in [1.82, 2.24) is 0 Å². The van der Waals surface area contributed by atoms with Gasteiger partial charge in [0.1, 0.15) is 12.0 Å². The van der Waals surface area contributed by atoms with Crippen LogP contribution in [-0.4, -0.2) is 30.2 Å². The number of nitrogens with zero attached hydrogens (tertiary/aromatic N) is 2. The molecule has 2 aliphatic heterocycles. The number of benzene rings is 2. The first-order valence-corrected chi connectivity index (χ1v) is 9.17. The number of para-hydroxylation sites is 2. The number of carbonyl (C=O) groups is 1. The van der Waals surface area contributed by atoms with Gasteiger partial charge in [-0.15, -0.1) is 0 Å². The fourth-order valence-corrected chi connectivity index (χ4v) is 3.69. The minimum atomic E-state index is -0.530. The van der Waals surface area contributed by atoms with Gasteiger partial charge in [0, 0.05) is 18.7 Å². The first-order valence-electron chi connectivity index (χ1n) is 9.17. The highest BCUT2D eigenvalue weighted by molar-refractivity contribution is 5.97. The van der Waals surface area contributed by atoms with Crippen molar-refractivity contribution in [3.8, 4) is 0 Å². The number of nitrogens with two attached hydrogens (primary N) is 1. The second kappa shape index (κ2) is 7.32. The molecule has 1 unspecified atom stereocenters. The summed E-state index contributed by atoms with van der Waals surface area (Å²) in [6.45, 7) is 1.52. The average Bonchev–Trinajstić information content (AvgIpc) is 3.15. The summed E-state index contributed by atoms with van der Waals surface area (Å²) in [5.74, 6) is -0.530. The van der Waals surface area contributed by atoms with Crippen LogP contribution in [-0.2, 0) is 9.53 Å². The molecule has 140 valence electrons. The largest absolute Gasteiger partial charge is 0.471 e. The SMILES string of the molecule is NC(=O)C1=COC(c2ccccc2)N1c1ccccc1N1CCC(O)CC1. The normalized spacial score (nSPS) is 20.3. The fraction of sp³-hybridized carbons (Fsp3) is 0.286. The van der Waals surface area contributed by atoms with Gasteiger partial charge in [0.2, 0.25) is 6.23 Å². The number of anilines is 2. The van der Waals surface area contributed by atoms with Gasteiger partial charge in [-0.25, -0.2) is 0 Å². The van der Waals surface area contributed by atoms with Gasteiger partial charge in [0.25, 0.3) is 5.91 Å². The summed E-state index contributed by atoms with van der Waals surface area (Å²) in [6.07, 6.45) is 2.19. The number of hydrogen-bond acceptors (Lipinski definition) is 5. The molecule has 0 saturated carbocycles. The van der Waals surface area contributed by atoms with Gasteiger partial charge in [0.15, 0.2) is 0 Å². The summed E-state index contributed by atoms with van der Waals surface area (Å²) in [5, 5.41) is 9.83. The Hall–Kier alpha value is -2.99. The number of aliphatic hydroxyl groups excluding tert-OH is 1. The number of piperidine rings is 1. The molecule has 2 aromatic rings. The molecule has 0 aliphatic carbocycles. The smallest absolute Gasteiger partial charge is 0.268 e. The summed E-state index contributed by atoms with van der Waals surface area (Å²) >= 11 is 0. The number of primary amides is 1. The summed E-state index contributed by atoms with van der Waals surface area (Å²) < 4.78 is 5.84. The molecule has 0 spiro atoms. The van der Waals surface area contributed by atoms with Crippen LogP contribution in [0.3, 0.4) is 0 Å². The topological polar surface area (TPSA) is 79.0 Å². The maximum Gasteiger partial charge on any atom is 0.268 e.